The molecule has 0 amide bonds. The lowest BCUT2D eigenvalue weighted by Crippen LogP contribution is -2.32. The Morgan fingerprint density at radius 1 is 1.42 bits per heavy atom. The van der Waals surface area contributed by atoms with Crippen molar-refractivity contribution in [2.45, 2.75) is 26.4 Å². The van der Waals surface area contributed by atoms with E-state index in [1.54, 1.807) is 26.0 Å². The van der Waals surface area contributed by atoms with Crippen LogP contribution >= 0.6 is 0 Å². The van der Waals surface area contributed by atoms with Crippen molar-refractivity contribution in [1.82, 2.24) is 5.32 Å². The second-order valence-electron chi connectivity index (χ2n) is 4.75. The molecular formula is C12H18N2O4S. The average molecular weight is 286 g/mol. The molecule has 0 fully saturated rings. The Bertz CT molecular complexity index is 569. The first-order valence-electron chi connectivity index (χ1n) is 5.84. The maximum Gasteiger partial charge on any atom is 0.272 e. The summed E-state index contributed by atoms with van der Waals surface area (Å²) in [6.45, 7) is 3.85. The largest absolute Gasteiger partial charge is 0.309 e. The van der Waals surface area contributed by atoms with Crippen molar-refractivity contribution in [2.75, 3.05) is 12.0 Å². The van der Waals surface area contributed by atoms with Gasteiger partial charge in [0, 0.05) is 30.5 Å². The van der Waals surface area contributed by atoms with Crippen LogP contribution in [0.4, 0.5) is 5.69 Å². The van der Waals surface area contributed by atoms with Gasteiger partial charge in [0.1, 0.15) is 9.84 Å². The number of hydrogen-bond donors (Lipinski definition) is 1. The summed E-state index contributed by atoms with van der Waals surface area (Å²) in [5.41, 5.74) is 1.45. The first-order valence-corrected chi connectivity index (χ1v) is 7.90. The van der Waals surface area contributed by atoms with Crippen LogP contribution in [0.1, 0.15) is 18.1 Å². The van der Waals surface area contributed by atoms with Gasteiger partial charge in [-0.05, 0) is 19.4 Å². The fourth-order valence-electron chi connectivity index (χ4n) is 1.77. The van der Waals surface area contributed by atoms with Gasteiger partial charge in [-0.25, -0.2) is 8.42 Å². The van der Waals surface area contributed by atoms with Crippen LogP contribution in [-0.4, -0.2) is 31.4 Å². The van der Waals surface area contributed by atoms with Crippen molar-refractivity contribution >= 4 is 15.5 Å². The van der Waals surface area contributed by atoms with Gasteiger partial charge in [-0.3, -0.25) is 10.1 Å². The van der Waals surface area contributed by atoms with Gasteiger partial charge < -0.3 is 5.32 Å². The third-order valence-electron chi connectivity index (χ3n) is 2.68. The van der Waals surface area contributed by atoms with Gasteiger partial charge in [0.25, 0.3) is 5.69 Å². The van der Waals surface area contributed by atoms with Crippen LogP contribution in [0.5, 0.6) is 0 Å². The number of nitrogens with one attached hydrogen (secondary N) is 1. The van der Waals surface area contributed by atoms with Crippen molar-refractivity contribution < 1.29 is 13.3 Å². The van der Waals surface area contributed by atoms with Crippen molar-refractivity contribution in [3.63, 3.8) is 0 Å². The lowest BCUT2D eigenvalue weighted by molar-refractivity contribution is -0.385. The maximum atomic E-state index is 11.1. The molecule has 1 unspecified atom stereocenters. The fraction of sp³-hybridized carbons (Fsp3) is 0.500. The molecule has 0 aliphatic carbocycles. The highest BCUT2D eigenvalue weighted by atomic mass is 32.2. The average Bonchev–Trinajstić information content (AvgIpc) is 2.25. The fourth-order valence-corrected chi connectivity index (χ4v) is 2.79. The zero-order valence-electron chi connectivity index (χ0n) is 11.2. The van der Waals surface area contributed by atoms with Gasteiger partial charge in [0.05, 0.1) is 10.7 Å². The molecule has 0 saturated carbocycles. The molecule has 106 valence electrons. The summed E-state index contributed by atoms with van der Waals surface area (Å²) in [5.74, 6) is 0.0426. The Hall–Kier alpha value is -1.47. The quantitative estimate of drug-likeness (QED) is 0.631. The number of nitro benzene ring substituents is 1. The SMILES string of the molecule is Cc1ccc(CNC(C)CS(C)(=O)=O)cc1[N+](=O)[O-]. The lowest BCUT2D eigenvalue weighted by Gasteiger charge is -2.12. The first kappa shape index (κ1) is 15.6. The highest BCUT2D eigenvalue weighted by Gasteiger charge is 2.13. The van der Waals surface area contributed by atoms with E-state index in [4.69, 9.17) is 0 Å². The summed E-state index contributed by atoms with van der Waals surface area (Å²) in [7, 11) is -3.03. The number of nitro groups is 1. The minimum Gasteiger partial charge on any atom is -0.309 e. The van der Waals surface area contributed by atoms with Crippen LogP contribution in [0.25, 0.3) is 0 Å². The molecule has 0 heterocycles. The molecule has 0 spiro atoms. The molecule has 1 N–H and O–H groups in total. The van der Waals surface area contributed by atoms with Crippen LogP contribution in [0.15, 0.2) is 18.2 Å². The summed E-state index contributed by atoms with van der Waals surface area (Å²) in [6.07, 6.45) is 1.18. The summed E-state index contributed by atoms with van der Waals surface area (Å²) < 4.78 is 22.2. The lowest BCUT2D eigenvalue weighted by atomic mass is 10.1. The molecular weight excluding hydrogens is 268 g/mol. The normalized spacial score (nSPS) is 13.2. The topological polar surface area (TPSA) is 89.3 Å². The molecule has 0 saturated heterocycles. The third kappa shape index (κ3) is 5.35. The molecule has 0 aromatic heterocycles. The van der Waals surface area contributed by atoms with Crippen molar-refractivity contribution in [3.8, 4) is 0 Å². The van der Waals surface area contributed by atoms with E-state index in [0.29, 0.717) is 12.1 Å². The molecule has 1 rings (SSSR count). The molecule has 0 radical (unpaired) electrons. The Labute approximate surface area is 112 Å². The predicted molar refractivity (Wildman–Crippen MR) is 73.8 cm³/mol. The van der Waals surface area contributed by atoms with Crippen molar-refractivity contribution in [3.05, 3.63) is 39.4 Å². The molecule has 1 aromatic carbocycles. The summed E-state index contributed by atoms with van der Waals surface area (Å²) in [5, 5.41) is 13.8. The smallest absolute Gasteiger partial charge is 0.272 e. The van der Waals surface area contributed by atoms with E-state index in [2.05, 4.69) is 5.32 Å². The molecule has 19 heavy (non-hydrogen) atoms. The number of rotatable bonds is 6. The van der Waals surface area contributed by atoms with Crippen LogP contribution in [-0.2, 0) is 16.4 Å². The molecule has 7 heteroatoms. The molecule has 0 aliphatic rings. The number of sulfone groups is 1. The highest BCUT2D eigenvalue weighted by Crippen LogP contribution is 2.19. The van der Waals surface area contributed by atoms with Gasteiger partial charge in [-0.1, -0.05) is 12.1 Å². The Morgan fingerprint density at radius 2 is 2.05 bits per heavy atom. The monoisotopic (exact) mass is 286 g/mol. The second-order valence-corrected chi connectivity index (χ2v) is 6.94. The van der Waals surface area contributed by atoms with E-state index in [1.165, 1.54) is 12.3 Å². The summed E-state index contributed by atoms with van der Waals surface area (Å²) in [6, 6.07) is 4.80. The molecule has 0 aliphatic heterocycles. The standard InChI is InChI=1S/C12H18N2O4S/c1-9-4-5-11(6-12(9)14(15)16)7-13-10(2)8-19(3,17)18/h4-6,10,13H,7-8H2,1-3H3. The van der Waals surface area contributed by atoms with E-state index in [-0.39, 0.29) is 17.5 Å². The minimum absolute atomic E-state index is 0.0426. The molecule has 6 nitrogen and oxygen atoms in total. The number of aryl methyl sites for hydroxylation is 1. The summed E-state index contributed by atoms with van der Waals surface area (Å²) >= 11 is 0. The Morgan fingerprint density at radius 3 is 2.58 bits per heavy atom. The van der Waals surface area contributed by atoms with Crippen molar-refractivity contribution in [2.24, 2.45) is 0 Å². The third-order valence-corrected chi connectivity index (χ3v) is 3.78. The molecule has 1 aromatic rings. The molecule has 0 bridgehead atoms. The van der Waals surface area contributed by atoms with Gasteiger partial charge in [-0.2, -0.15) is 0 Å². The highest BCUT2D eigenvalue weighted by molar-refractivity contribution is 7.90. The first-order chi connectivity index (χ1) is 8.69. The van der Waals surface area contributed by atoms with E-state index in [9.17, 15) is 18.5 Å². The van der Waals surface area contributed by atoms with E-state index < -0.39 is 14.8 Å². The number of benzene rings is 1. The predicted octanol–water partition coefficient (Wildman–Crippen LogP) is 1.43. The van der Waals surface area contributed by atoms with E-state index >= 15 is 0 Å². The van der Waals surface area contributed by atoms with Crippen LogP contribution in [0, 0.1) is 17.0 Å². The Balaban J connectivity index is 2.68. The second kappa shape index (κ2) is 6.12. The molecule has 1 atom stereocenters. The number of nitrogens with zero attached hydrogens (tertiary/aromatic N) is 1. The maximum absolute atomic E-state index is 11.1. The van der Waals surface area contributed by atoms with Gasteiger partial charge in [0.2, 0.25) is 0 Å². The zero-order valence-corrected chi connectivity index (χ0v) is 12.0. The van der Waals surface area contributed by atoms with Gasteiger partial charge in [-0.15, -0.1) is 0 Å². The van der Waals surface area contributed by atoms with E-state index in [0.717, 1.165) is 5.56 Å². The van der Waals surface area contributed by atoms with Crippen molar-refractivity contribution in [1.29, 1.82) is 0 Å². The van der Waals surface area contributed by atoms with Crippen LogP contribution < -0.4 is 5.32 Å². The van der Waals surface area contributed by atoms with Gasteiger partial charge >= 0.3 is 0 Å². The number of hydrogen-bond acceptors (Lipinski definition) is 5. The summed E-state index contributed by atoms with van der Waals surface area (Å²) in [4.78, 5) is 10.4. The Kier molecular flexibility index (Phi) is 5.02. The van der Waals surface area contributed by atoms with E-state index in [1.807, 2.05) is 0 Å². The van der Waals surface area contributed by atoms with Crippen LogP contribution in [0.2, 0.25) is 0 Å². The zero-order chi connectivity index (χ0) is 14.6. The van der Waals surface area contributed by atoms with Crippen LogP contribution in [0.3, 0.4) is 0 Å². The van der Waals surface area contributed by atoms with Gasteiger partial charge in [0.15, 0.2) is 0 Å². The minimum atomic E-state index is -3.03.